The fourth-order valence-electron chi connectivity index (χ4n) is 5.09. The molecule has 2 aliphatic rings. The fourth-order valence-corrected chi connectivity index (χ4v) is 5.09. The lowest BCUT2D eigenvalue weighted by atomic mass is 9.73. The summed E-state index contributed by atoms with van der Waals surface area (Å²) in [5, 5.41) is 0. The normalized spacial score (nSPS) is 21.0. The van der Waals surface area contributed by atoms with Crippen LogP contribution in [0.15, 0.2) is 48.5 Å². The van der Waals surface area contributed by atoms with Crippen LogP contribution in [-0.4, -0.2) is 55.9 Å². The molecule has 4 rings (SSSR count). The maximum absolute atomic E-state index is 13.4. The maximum Gasteiger partial charge on any atom is 0.230 e. The molecule has 0 spiro atoms. The van der Waals surface area contributed by atoms with Crippen molar-refractivity contribution in [3.8, 4) is 16.9 Å². The number of ether oxygens (including phenoxy) is 1. The van der Waals surface area contributed by atoms with Crippen molar-refractivity contribution in [2.45, 2.75) is 38.5 Å². The van der Waals surface area contributed by atoms with Gasteiger partial charge in [-0.15, -0.1) is 0 Å². The highest BCUT2D eigenvalue weighted by molar-refractivity contribution is 5.85. The number of amides is 2. The van der Waals surface area contributed by atoms with Gasteiger partial charge in [0.25, 0.3) is 0 Å². The Morgan fingerprint density at radius 2 is 1.62 bits per heavy atom. The van der Waals surface area contributed by atoms with Gasteiger partial charge in [-0.1, -0.05) is 42.8 Å². The molecule has 0 aromatic heterocycles. The number of methoxy groups -OCH3 is 1. The number of likely N-dealkylation sites (tertiary alicyclic amines) is 1. The molecule has 1 saturated carbocycles. The van der Waals surface area contributed by atoms with E-state index < -0.39 is 5.41 Å². The zero-order valence-corrected chi connectivity index (χ0v) is 19.5. The van der Waals surface area contributed by atoms with Crippen LogP contribution in [-0.2, 0) is 16.0 Å². The Labute approximate surface area is 191 Å². The number of hydrogen-bond acceptors (Lipinski definition) is 3. The molecule has 0 bridgehead atoms. The van der Waals surface area contributed by atoms with Crippen molar-refractivity contribution in [3.05, 3.63) is 54.1 Å². The minimum absolute atomic E-state index is 0.128. The van der Waals surface area contributed by atoms with Gasteiger partial charge < -0.3 is 14.5 Å². The summed E-state index contributed by atoms with van der Waals surface area (Å²) >= 11 is 0. The van der Waals surface area contributed by atoms with Gasteiger partial charge in [0.15, 0.2) is 0 Å². The van der Waals surface area contributed by atoms with E-state index in [0.29, 0.717) is 13.0 Å². The SMILES string of the molecule is COc1ccc(-c2ccc(C[C@@]3(C(=O)N(C)C)CCCN(C(=O)C4CCC4)C3)cc2)cc1. The van der Waals surface area contributed by atoms with Crippen LogP contribution in [0.5, 0.6) is 5.75 Å². The first-order chi connectivity index (χ1) is 15.4. The second-order valence-corrected chi connectivity index (χ2v) is 9.57. The topological polar surface area (TPSA) is 49.9 Å². The summed E-state index contributed by atoms with van der Waals surface area (Å²) in [7, 11) is 5.31. The van der Waals surface area contributed by atoms with Crippen molar-refractivity contribution >= 4 is 11.8 Å². The molecule has 1 saturated heterocycles. The molecule has 170 valence electrons. The highest BCUT2D eigenvalue weighted by atomic mass is 16.5. The highest BCUT2D eigenvalue weighted by Crippen LogP contribution is 2.38. The van der Waals surface area contributed by atoms with Crippen molar-refractivity contribution < 1.29 is 14.3 Å². The lowest BCUT2D eigenvalue weighted by Gasteiger charge is -2.44. The molecule has 32 heavy (non-hydrogen) atoms. The molecule has 1 atom stereocenters. The summed E-state index contributed by atoms with van der Waals surface area (Å²) in [6.45, 7) is 1.30. The van der Waals surface area contributed by atoms with Crippen LogP contribution in [0.2, 0.25) is 0 Å². The number of piperidine rings is 1. The van der Waals surface area contributed by atoms with E-state index in [4.69, 9.17) is 4.74 Å². The molecule has 5 heteroatoms. The Kier molecular flexibility index (Phi) is 6.54. The average Bonchev–Trinajstić information content (AvgIpc) is 2.78. The van der Waals surface area contributed by atoms with Gasteiger partial charge in [-0.25, -0.2) is 0 Å². The van der Waals surface area contributed by atoms with Crippen molar-refractivity contribution in [2.24, 2.45) is 11.3 Å². The number of hydrogen-bond donors (Lipinski definition) is 0. The van der Waals surface area contributed by atoms with E-state index >= 15 is 0 Å². The van der Waals surface area contributed by atoms with Crippen LogP contribution >= 0.6 is 0 Å². The van der Waals surface area contributed by atoms with Crippen LogP contribution < -0.4 is 4.74 Å². The Balaban J connectivity index is 1.54. The van der Waals surface area contributed by atoms with E-state index in [-0.39, 0.29) is 17.7 Å². The third-order valence-corrected chi connectivity index (χ3v) is 7.12. The summed E-state index contributed by atoms with van der Waals surface area (Å²) in [5.41, 5.74) is 2.85. The van der Waals surface area contributed by atoms with Crippen molar-refractivity contribution in [3.63, 3.8) is 0 Å². The van der Waals surface area contributed by atoms with E-state index in [1.807, 2.05) is 31.1 Å². The smallest absolute Gasteiger partial charge is 0.230 e. The molecule has 5 nitrogen and oxygen atoms in total. The van der Waals surface area contributed by atoms with Gasteiger partial charge in [-0.3, -0.25) is 9.59 Å². The minimum Gasteiger partial charge on any atom is -0.497 e. The molecule has 2 aromatic carbocycles. The minimum atomic E-state index is -0.553. The maximum atomic E-state index is 13.4. The zero-order valence-electron chi connectivity index (χ0n) is 19.5. The first kappa shape index (κ1) is 22.4. The van der Waals surface area contributed by atoms with E-state index in [1.54, 1.807) is 12.0 Å². The predicted molar refractivity (Wildman–Crippen MR) is 126 cm³/mol. The number of carbonyl (C=O) groups excluding carboxylic acids is 2. The van der Waals surface area contributed by atoms with Gasteiger partial charge in [-0.2, -0.15) is 0 Å². The van der Waals surface area contributed by atoms with Crippen LogP contribution in [0.25, 0.3) is 11.1 Å². The van der Waals surface area contributed by atoms with Gasteiger partial charge in [-0.05, 0) is 60.9 Å². The van der Waals surface area contributed by atoms with Gasteiger partial charge in [0, 0.05) is 33.1 Å². The molecule has 2 amide bonds. The van der Waals surface area contributed by atoms with E-state index in [9.17, 15) is 9.59 Å². The lowest BCUT2D eigenvalue weighted by Crippen LogP contribution is -2.55. The van der Waals surface area contributed by atoms with Crippen molar-refractivity contribution in [2.75, 3.05) is 34.3 Å². The first-order valence-corrected chi connectivity index (χ1v) is 11.7. The predicted octanol–water partition coefficient (Wildman–Crippen LogP) is 4.40. The van der Waals surface area contributed by atoms with Gasteiger partial charge in [0.1, 0.15) is 5.75 Å². The lowest BCUT2D eigenvalue weighted by molar-refractivity contribution is -0.150. The van der Waals surface area contributed by atoms with Crippen molar-refractivity contribution in [1.29, 1.82) is 0 Å². The Hall–Kier alpha value is -2.82. The van der Waals surface area contributed by atoms with Gasteiger partial charge in [0.2, 0.25) is 11.8 Å². The number of nitrogens with zero attached hydrogens (tertiary/aromatic N) is 2. The average molecular weight is 435 g/mol. The number of carbonyl (C=O) groups is 2. The molecular weight excluding hydrogens is 400 g/mol. The van der Waals surface area contributed by atoms with Gasteiger partial charge in [0.05, 0.1) is 12.5 Å². The number of benzene rings is 2. The summed E-state index contributed by atoms with van der Waals surface area (Å²) in [6, 6.07) is 16.5. The third-order valence-electron chi connectivity index (χ3n) is 7.12. The van der Waals surface area contributed by atoms with Crippen LogP contribution in [0.1, 0.15) is 37.7 Å². The Morgan fingerprint density at radius 1 is 1.00 bits per heavy atom. The Morgan fingerprint density at radius 3 is 2.16 bits per heavy atom. The van der Waals surface area contributed by atoms with E-state index in [2.05, 4.69) is 36.4 Å². The second kappa shape index (κ2) is 9.35. The highest BCUT2D eigenvalue weighted by Gasteiger charge is 2.45. The first-order valence-electron chi connectivity index (χ1n) is 11.7. The largest absolute Gasteiger partial charge is 0.497 e. The molecule has 1 heterocycles. The third kappa shape index (κ3) is 4.52. The molecular formula is C27H34N2O3. The summed E-state index contributed by atoms with van der Waals surface area (Å²) < 4.78 is 5.25. The van der Waals surface area contributed by atoms with Crippen molar-refractivity contribution in [1.82, 2.24) is 9.80 Å². The Bertz CT molecular complexity index is 948. The fraction of sp³-hybridized carbons (Fsp3) is 0.481. The van der Waals surface area contributed by atoms with Crippen LogP contribution in [0.3, 0.4) is 0 Å². The monoisotopic (exact) mass is 434 g/mol. The van der Waals surface area contributed by atoms with Crippen LogP contribution in [0.4, 0.5) is 0 Å². The van der Waals surface area contributed by atoms with E-state index in [1.165, 1.54) is 0 Å². The molecule has 2 aromatic rings. The summed E-state index contributed by atoms with van der Waals surface area (Å²) in [4.78, 5) is 30.0. The van der Waals surface area contributed by atoms with Crippen LogP contribution in [0, 0.1) is 11.3 Å². The zero-order chi connectivity index (χ0) is 22.7. The summed E-state index contributed by atoms with van der Waals surface area (Å²) in [6.07, 6.45) is 5.49. The molecule has 1 aliphatic carbocycles. The molecule has 0 radical (unpaired) electrons. The quantitative estimate of drug-likeness (QED) is 0.677. The molecule has 0 N–H and O–H groups in total. The number of rotatable bonds is 6. The van der Waals surface area contributed by atoms with Gasteiger partial charge >= 0.3 is 0 Å². The molecule has 2 fully saturated rings. The van der Waals surface area contributed by atoms with E-state index in [0.717, 1.165) is 61.1 Å². The molecule has 1 aliphatic heterocycles. The standard InChI is InChI=1S/C27H34N2O3/c1-28(2)26(31)27(16-5-17-29(19-27)25(30)23-6-4-7-23)18-20-8-10-21(11-9-20)22-12-14-24(32-3)15-13-22/h8-15,23H,4-7,16-19H2,1-3H3/t27-/m0/s1. The summed E-state index contributed by atoms with van der Waals surface area (Å²) in [5.74, 6) is 1.39. The second-order valence-electron chi connectivity index (χ2n) is 9.57. The molecule has 0 unspecified atom stereocenters.